The van der Waals surface area contributed by atoms with Crippen molar-refractivity contribution in [1.82, 2.24) is 24.5 Å². The van der Waals surface area contributed by atoms with Crippen LogP contribution in [-0.4, -0.2) is 37.1 Å². The SMILES string of the molecule is CCOC(=O)Cc1ncnn1Cc1c2cccc(-c3ccc(Cl)cc3Cl)c2nn1C. The van der Waals surface area contributed by atoms with Crippen molar-refractivity contribution in [2.24, 2.45) is 7.05 Å². The van der Waals surface area contributed by atoms with Crippen molar-refractivity contribution in [2.45, 2.75) is 19.9 Å². The average molecular weight is 444 g/mol. The van der Waals surface area contributed by atoms with Gasteiger partial charge in [0.15, 0.2) is 0 Å². The molecule has 0 atom stereocenters. The Kier molecular flexibility index (Phi) is 5.74. The number of aromatic nitrogens is 5. The fourth-order valence-electron chi connectivity index (χ4n) is 3.42. The molecule has 0 unspecified atom stereocenters. The molecule has 4 rings (SSSR count). The van der Waals surface area contributed by atoms with Crippen LogP contribution in [0.4, 0.5) is 0 Å². The minimum Gasteiger partial charge on any atom is -0.466 e. The standard InChI is InChI=1S/C21H19Cl2N5O2/c1-3-30-20(29)10-19-24-12-25-28(19)11-18-16-6-4-5-15(21(16)26-27(18)2)14-8-7-13(22)9-17(14)23/h4-9,12H,3,10-11H2,1-2H3. The molecule has 0 aliphatic rings. The number of aryl methyl sites for hydroxylation is 1. The van der Waals surface area contributed by atoms with Gasteiger partial charge in [-0.25, -0.2) is 9.67 Å². The molecule has 0 aliphatic heterocycles. The van der Waals surface area contributed by atoms with Gasteiger partial charge in [-0.3, -0.25) is 9.48 Å². The zero-order valence-corrected chi connectivity index (χ0v) is 18.0. The van der Waals surface area contributed by atoms with Crippen LogP contribution in [0.15, 0.2) is 42.7 Å². The molecule has 2 aromatic carbocycles. The van der Waals surface area contributed by atoms with Crippen LogP contribution < -0.4 is 0 Å². The number of benzene rings is 2. The monoisotopic (exact) mass is 443 g/mol. The smallest absolute Gasteiger partial charge is 0.313 e. The second-order valence-electron chi connectivity index (χ2n) is 6.71. The predicted molar refractivity (Wildman–Crippen MR) is 116 cm³/mol. The van der Waals surface area contributed by atoms with Crippen molar-refractivity contribution in [3.8, 4) is 11.1 Å². The molecule has 0 fully saturated rings. The summed E-state index contributed by atoms with van der Waals surface area (Å²) < 4.78 is 8.53. The maximum Gasteiger partial charge on any atom is 0.313 e. The van der Waals surface area contributed by atoms with E-state index in [1.54, 1.807) is 17.7 Å². The van der Waals surface area contributed by atoms with E-state index in [-0.39, 0.29) is 12.4 Å². The summed E-state index contributed by atoms with van der Waals surface area (Å²) in [7, 11) is 1.88. The number of esters is 1. The number of fused-ring (bicyclic) bond motifs is 1. The van der Waals surface area contributed by atoms with Crippen LogP contribution in [0.25, 0.3) is 22.0 Å². The molecule has 2 heterocycles. The molecule has 7 nitrogen and oxygen atoms in total. The Hall–Kier alpha value is -2.90. The van der Waals surface area contributed by atoms with Gasteiger partial charge in [-0.2, -0.15) is 10.2 Å². The van der Waals surface area contributed by atoms with Crippen LogP contribution in [0.3, 0.4) is 0 Å². The summed E-state index contributed by atoms with van der Waals surface area (Å²) in [5, 5.41) is 11.1. The normalized spacial score (nSPS) is 11.2. The Balaban J connectivity index is 1.73. The lowest BCUT2D eigenvalue weighted by atomic mass is 10.0. The van der Waals surface area contributed by atoms with Crippen molar-refractivity contribution in [1.29, 1.82) is 0 Å². The molecular formula is C21H19Cl2N5O2. The summed E-state index contributed by atoms with van der Waals surface area (Å²) in [4.78, 5) is 16.1. The molecule has 0 N–H and O–H groups in total. The minimum absolute atomic E-state index is 0.0647. The first-order valence-electron chi connectivity index (χ1n) is 9.40. The Bertz CT molecular complexity index is 1230. The van der Waals surface area contributed by atoms with Gasteiger partial charge in [-0.1, -0.05) is 47.5 Å². The number of carbonyl (C=O) groups excluding carboxylic acids is 1. The van der Waals surface area contributed by atoms with Gasteiger partial charge in [0, 0.05) is 33.6 Å². The number of nitrogens with zero attached hydrogens (tertiary/aromatic N) is 5. The van der Waals surface area contributed by atoms with Gasteiger partial charge in [0.2, 0.25) is 0 Å². The van der Waals surface area contributed by atoms with Crippen LogP contribution in [0.2, 0.25) is 10.0 Å². The highest BCUT2D eigenvalue weighted by Gasteiger charge is 2.18. The van der Waals surface area contributed by atoms with Crippen LogP contribution in [0.5, 0.6) is 0 Å². The van der Waals surface area contributed by atoms with Crippen LogP contribution in [-0.2, 0) is 29.5 Å². The molecule has 0 amide bonds. The van der Waals surface area contributed by atoms with E-state index in [2.05, 4.69) is 10.1 Å². The fourth-order valence-corrected chi connectivity index (χ4v) is 3.93. The van der Waals surface area contributed by atoms with Gasteiger partial charge >= 0.3 is 5.97 Å². The Morgan fingerprint density at radius 2 is 2.00 bits per heavy atom. The van der Waals surface area contributed by atoms with Crippen LogP contribution >= 0.6 is 23.2 Å². The average Bonchev–Trinajstić information content (AvgIpc) is 3.26. The number of rotatable bonds is 6. The third-order valence-electron chi connectivity index (χ3n) is 4.81. The molecule has 0 saturated carbocycles. The van der Waals surface area contributed by atoms with Gasteiger partial charge in [0.05, 0.1) is 18.8 Å². The first-order valence-corrected chi connectivity index (χ1v) is 10.2. The number of ether oxygens (including phenoxy) is 1. The topological polar surface area (TPSA) is 74.8 Å². The van der Waals surface area contributed by atoms with Gasteiger partial charge in [0.25, 0.3) is 0 Å². The van der Waals surface area contributed by atoms with E-state index in [1.807, 2.05) is 42.1 Å². The number of hydrogen-bond acceptors (Lipinski definition) is 5. The summed E-state index contributed by atoms with van der Waals surface area (Å²) in [5.41, 5.74) is 3.54. The minimum atomic E-state index is -0.332. The number of hydrogen-bond donors (Lipinski definition) is 0. The lowest BCUT2D eigenvalue weighted by molar-refractivity contribution is -0.142. The van der Waals surface area contributed by atoms with E-state index < -0.39 is 0 Å². The first-order chi connectivity index (χ1) is 14.5. The number of carbonyl (C=O) groups is 1. The quantitative estimate of drug-likeness (QED) is 0.415. The highest BCUT2D eigenvalue weighted by atomic mass is 35.5. The molecule has 4 aromatic rings. The lowest BCUT2D eigenvalue weighted by Crippen LogP contribution is -2.15. The van der Waals surface area contributed by atoms with Crippen molar-refractivity contribution in [3.05, 3.63) is 64.3 Å². The fraction of sp³-hybridized carbons (Fsp3) is 0.238. The third kappa shape index (κ3) is 3.91. The zero-order valence-electron chi connectivity index (χ0n) is 16.5. The molecule has 30 heavy (non-hydrogen) atoms. The molecule has 0 bridgehead atoms. The highest BCUT2D eigenvalue weighted by Crippen LogP contribution is 2.35. The van der Waals surface area contributed by atoms with Gasteiger partial charge in [-0.15, -0.1) is 0 Å². The van der Waals surface area contributed by atoms with Crippen LogP contribution in [0.1, 0.15) is 18.4 Å². The molecule has 0 radical (unpaired) electrons. The van der Waals surface area contributed by atoms with E-state index in [9.17, 15) is 4.79 Å². The van der Waals surface area contributed by atoms with E-state index in [1.165, 1.54) is 6.33 Å². The van der Waals surface area contributed by atoms with Crippen molar-refractivity contribution >= 4 is 40.1 Å². The first kappa shape index (κ1) is 20.4. The second-order valence-corrected chi connectivity index (χ2v) is 7.56. The maximum atomic E-state index is 11.9. The molecular weight excluding hydrogens is 425 g/mol. The Morgan fingerprint density at radius 3 is 2.77 bits per heavy atom. The van der Waals surface area contributed by atoms with Crippen molar-refractivity contribution in [2.75, 3.05) is 6.61 Å². The summed E-state index contributed by atoms with van der Waals surface area (Å²) >= 11 is 12.5. The Morgan fingerprint density at radius 1 is 1.17 bits per heavy atom. The summed E-state index contributed by atoms with van der Waals surface area (Å²) in [6.45, 7) is 2.52. The van der Waals surface area contributed by atoms with E-state index in [0.29, 0.717) is 29.0 Å². The zero-order chi connectivity index (χ0) is 21.3. The van der Waals surface area contributed by atoms with E-state index in [4.69, 9.17) is 33.0 Å². The van der Waals surface area contributed by atoms with E-state index >= 15 is 0 Å². The second kappa shape index (κ2) is 8.45. The summed E-state index contributed by atoms with van der Waals surface area (Å²) in [6.07, 6.45) is 1.50. The van der Waals surface area contributed by atoms with Crippen molar-refractivity contribution < 1.29 is 9.53 Å². The highest BCUT2D eigenvalue weighted by molar-refractivity contribution is 6.36. The summed E-state index contributed by atoms with van der Waals surface area (Å²) in [6, 6.07) is 11.4. The Labute approximate surface area is 183 Å². The van der Waals surface area contributed by atoms with E-state index in [0.717, 1.165) is 27.7 Å². The van der Waals surface area contributed by atoms with Crippen molar-refractivity contribution in [3.63, 3.8) is 0 Å². The van der Waals surface area contributed by atoms with Gasteiger partial charge in [-0.05, 0) is 19.1 Å². The maximum absolute atomic E-state index is 11.9. The molecule has 9 heteroatoms. The molecule has 0 saturated heterocycles. The van der Waals surface area contributed by atoms with Gasteiger partial charge < -0.3 is 4.74 Å². The summed E-state index contributed by atoms with van der Waals surface area (Å²) in [5.74, 6) is 0.209. The largest absolute Gasteiger partial charge is 0.466 e. The predicted octanol–water partition coefficient (Wildman–Crippen LogP) is 4.29. The molecule has 0 aliphatic carbocycles. The molecule has 154 valence electrons. The lowest BCUT2D eigenvalue weighted by Gasteiger charge is -2.08. The molecule has 0 spiro atoms. The molecule has 2 aromatic heterocycles. The van der Waals surface area contributed by atoms with Gasteiger partial charge in [0.1, 0.15) is 24.1 Å². The number of halogens is 2. The third-order valence-corrected chi connectivity index (χ3v) is 5.36. The van der Waals surface area contributed by atoms with Crippen LogP contribution in [0, 0.1) is 0 Å².